The van der Waals surface area contributed by atoms with Crippen LogP contribution >= 0.6 is 12.6 Å². The Kier molecular flexibility index (Phi) is 7.29. The molecule has 96 valence electrons. The predicted octanol–water partition coefficient (Wildman–Crippen LogP) is 3.75. The normalized spacial score (nSPS) is 11.1. The quantitative estimate of drug-likeness (QED) is 0.547. The van der Waals surface area contributed by atoms with Crippen LogP contribution in [-0.4, -0.2) is 24.2 Å². The molecule has 0 bridgehead atoms. The van der Waals surface area contributed by atoms with Gasteiger partial charge in [0.2, 0.25) is 0 Å². The highest BCUT2D eigenvalue weighted by Crippen LogP contribution is 2.07. The fourth-order valence-corrected chi connectivity index (χ4v) is 2.05. The first-order valence-electron chi connectivity index (χ1n) is 6.26. The van der Waals surface area contributed by atoms with E-state index in [1.807, 2.05) is 12.1 Å². The Balaban J connectivity index is 2.16. The molecule has 0 saturated carbocycles. The molecule has 17 heavy (non-hydrogen) atoms. The number of unbranched alkanes of at least 4 members (excludes halogenated alkanes) is 3. The number of benzene rings is 1. The van der Waals surface area contributed by atoms with E-state index in [-0.39, 0.29) is 5.82 Å². The summed E-state index contributed by atoms with van der Waals surface area (Å²) in [6.45, 7) is 2.00. The molecule has 0 saturated heterocycles. The number of hydrogen-bond donors (Lipinski definition) is 1. The van der Waals surface area contributed by atoms with E-state index in [4.69, 9.17) is 0 Å². The average molecular weight is 255 g/mol. The van der Waals surface area contributed by atoms with E-state index in [0.29, 0.717) is 0 Å². The average Bonchev–Trinajstić information content (AvgIpc) is 2.32. The Labute approximate surface area is 109 Å². The highest BCUT2D eigenvalue weighted by molar-refractivity contribution is 7.80. The van der Waals surface area contributed by atoms with Crippen LogP contribution in [0.15, 0.2) is 24.3 Å². The summed E-state index contributed by atoms with van der Waals surface area (Å²) in [5, 5.41) is 0. The lowest BCUT2D eigenvalue weighted by atomic mass is 10.2. The highest BCUT2D eigenvalue weighted by Gasteiger charge is 2.00. The van der Waals surface area contributed by atoms with Crippen molar-refractivity contribution in [1.29, 1.82) is 0 Å². The summed E-state index contributed by atoms with van der Waals surface area (Å²) in [4.78, 5) is 2.29. The first-order valence-corrected chi connectivity index (χ1v) is 6.89. The molecule has 1 nitrogen and oxygen atoms in total. The number of thiol groups is 1. The maximum atomic E-state index is 12.7. The minimum atomic E-state index is -0.164. The van der Waals surface area contributed by atoms with Crippen molar-refractivity contribution in [3.05, 3.63) is 35.6 Å². The molecule has 1 aromatic rings. The van der Waals surface area contributed by atoms with Crippen LogP contribution in [0.2, 0.25) is 0 Å². The second-order valence-electron chi connectivity index (χ2n) is 4.50. The van der Waals surface area contributed by atoms with Gasteiger partial charge in [-0.15, -0.1) is 0 Å². The highest BCUT2D eigenvalue weighted by atomic mass is 32.1. The zero-order valence-electron chi connectivity index (χ0n) is 10.5. The van der Waals surface area contributed by atoms with Crippen molar-refractivity contribution in [2.24, 2.45) is 0 Å². The van der Waals surface area contributed by atoms with Crippen molar-refractivity contribution in [3.63, 3.8) is 0 Å². The van der Waals surface area contributed by atoms with E-state index in [1.54, 1.807) is 0 Å². The van der Waals surface area contributed by atoms with Crippen LogP contribution in [0.5, 0.6) is 0 Å². The smallest absolute Gasteiger partial charge is 0.123 e. The third-order valence-corrected chi connectivity index (χ3v) is 3.13. The molecule has 0 amide bonds. The van der Waals surface area contributed by atoms with Gasteiger partial charge in [-0.05, 0) is 49.9 Å². The van der Waals surface area contributed by atoms with Crippen LogP contribution in [0.3, 0.4) is 0 Å². The second-order valence-corrected chi connectivity index (χ2v) is 4.95. The van der Waals surface area contributed by atoms with Gasteiger partial charge >= 0.3 is 0 Å². The molecular formula is C14H22FNS. The lowest BCUT2D eigenvalue weighted by Gasteiger charge is -2.16. The van der Waals surface area contributed by atoms with E-state index < -0.39 is 0 Å². The molecule has 0 unspecified atom stereocenters. The third-order valence-electron chi connectivity index (χ3n) is 2.81. The minimum Gasteiger partial charge on any atom is -0.302 e. The standard InChI is InChI=1S/C14H22FNS/c1-16(10-4-2-3-5-11-17)12-13-6-8-14(15)9-7-13/h6-9,17H,2-5,10-12H2,1H3. The molecule has 0 N–H and O–H groups in total. The second kappa shape index (κ2) is 8.54. The molecular weight excluding hydrogens is 233 g/mol. The van der Waals surface area contributed by atoms with Crippen molar-refractivity contribution < 1.29 is 4.39 Å². The molecule has 0 heterocycles. The van der Waals surface area contributed by atoms with Crippen LogP contribution in [-0.2, 0) is 6.54 Å². The van der Waals surface area contributed by atoms with E-state index in [0.717, 1.165) is 18.8 Å². The molecule has 1 aromatic carbocycles. The van der Waals surface area contributed by atoms with Crippen LogP contribution in [0.1, 0.15) is 31.2 Å². The number of nitrogens with zero attached hydrogens (tertiary/aromatic N) is 1. The van der Waals surface area contributed by atoms with Gasteiger partial charge in [0.05, 0.1) is 0 Å². The molecule has 0 atom stereocenters. The van der Waals surface area contributed by atoms with Crippen molar-refractivity contribution in [3.8, 4) is 0 Å². The number of hydrogen-bond acceptors (Lipinski definition) is 2. The maximum Gasteiger partial charge on any atom is 0.123 e. The van der Waals surface area contributed by atoms with Gasteiger partial charge in [0.15, 0.2) is 0 Å². The van der Waals surface area contributed by atoms with Crippen LogP contribution in [0.4, 0.5) is 4.39 Å². The molecule has 3 heteroatoms. The summed E-state index contributed by atoms with van der Waals surface area (Å²) in [5.74, 6) is 0.828. The van der Waals surface area contributed by atoms with Crippen LogP contribution in [0, 0.1) is 5.82 Å². The summed E-state index contributed by atoms with van der Waals surface area (Å²) in [7, 11) is 2.11. The fourth-order valence-electron chi connectivity index (χ4n) is 1.83. The lowest BCUT2D eigenvalue weighted by molar-refractivity contribution is 0.317. The van der Waals surface area contributed by atoms with Crippen molar-refractivity contribution >= 4 is 12.6 Å². The van der Waals surface area contributed by atoms with Crippen LogP contribution in [0.25, 0.3) is 0 Å². The molecule has 0 spiro atoms. The molecule has 0 aliphatic heterocycles. The first-order chi connectivity index (χ1) is 8.22. The Hall–Kier alpha value is -0.540. The summed E-state index contributed by atoms with van der Waals surface area (Å²) in [5.41, 5.74) is 1.17. The SMILES string of the molecule is CN(CCCCCCS)Cc1ccc(F)cc1. The van der Waals surface area contributed by atoms with Gasteiger partial charge in [0, 0.05) is 6.54 Å². The Morgan fingerprint density at radius 2 is 1.71 bits per heavy atom. The first kappa shape index (κ1) is 14.5. The van der Waals surface area contributed by atoms with Crippen molar-refractivity contribution in [1.82, 2.24) is 4.90 Å². The minimum absolute atomic E-state index is 0.164. The predicted molar refractivity (Wildman–Crippen MR) is 75.1 cm³/mol. The monoisotopic (exact) mass is 255 g/mol. The zero-order valence-corrected chi connectivity index (χ0v) is 11.4. The summed E-state index contributed by atoms with van der Waals surface area (Å²) >= 11 is 4.20. The largest absolute Gasteiger partial charge is 0.302 e. The molecule has 0 fully saturated rings. The molecule has 0 aromatic heterocycles. The van der Waals surface area contributed by atoms with Crippen molar-refractivity contribution in [2.75, 3.05) is 19.3 Å². The maximum absolute atomic E-state index is 12.7. The van der Waals surface area contributed by atoms with Gasteiger partial charge in [-0.25, -0.2) is 4.39 Å². The number of rotatable bonds is 8. The molecule has 0 radical (unpaired) electrons. The van der Waals surface area contributed by atoms with E-state index >= 15 is 0 Å². The topological polar surface area (TPSA) is 3.24 Å². The van der Waals surface area contributed by atoms with Crippen molar-refractivity contribution in [2.45, 2.75) is 32.2 Å². The fraction of sp³-hybridized carbons (Fsp3) is 0.571. The summed E-state index contributed by atoms with van der Waals surface area (Å²) < 4.78 is 12.7. The summed E-state index contributed by atoms with van der Waals surface area (Å²) in [6.07, 6.45) is 4.98. The van der Waals surface area contributed by atoms with Gasteiger partial charge in [-0.3, -0.25) is 0 Å². The van der Waals surface area contributed by atoms with Gasteiger partial charge in [0.25, 0.3) is 0 Å². The zero-order chi connectivity index (χ0) is 12.5. The van der Waals surface area contributed by atoms with Gasteiger partial charge in [0.1, 0.15) is 5.82 Å². The third kappa shape index (κ3) is 6.69. The van der Waals surface area contributed by atoms with Gasteiger partial charge in [-0.2, -0.15) is 12.6 Å². The number of halogens is 1. The van der Waals surface area contributed by atoms with Gasteiger partial charge in [-0.1, -0.05) is 25.0 Å². The molecule has 0 aliphatic carbocycles. The summed E-state index contributed by atoms with van der Waals surface area (Å²) in [6, 6.07) is 6.76. The lowest BCUT2D eigenvalue weighted by Crippen LogP contribution is -2.19. The molecule has 0 aliphatic rings. The Morgan fingerprint density at radius 1 is 1.06 bits per heavy atom. The molecule has 1 rings (SSSR count). The van der Waals surface area contributed by atoms with E-state index in [2.05, 4.69) is 24.6 Å². The van der Waals surface area contributed by atoms with E-state index in [1.165, 1.54) is 43.4 Å². The Morgan fingerprint density at radius 3 is 2.35 bits per heavy atom. The van der Waals surface area contributed by atoms with E-state index in [9.17, 15) is 4.39 Å². The van der Waals surface area contributed by atoms with Crippen LogP contribution < -0.4 is 0 Å². The Bertz CT molecular complexity index is 300. The van der Waals surface area contributed by atoms with Gasteiger partial charge < -0.3 is 4.90 Å².